The second kappa shape index (κ2) is 4.80. The van der Waals surface area contributed by atoms with Gasteiger partial charge < -0.3 is 0 Å². The van der Waals surface area contributed by atoms with Crippen molar-refractivity contribution in [3.05, 3.63) is 10.1 Å². The van der Waals surface area contributed by atoms with Crippen LogP contribution in [0.15, 0.2) is 0 Å². The highest BCUT2D eigenvalue weighted by atomic mass is 35.5. The second-order valence-electron chi connectivity index (χ2n) is 1.29. The summed E-state index contributed by atoms with van der Waals surface area (Å²) in [4.78, 5) is 11.5. The molecular formula is C3H7ClN2O2. The van der Waals surface area contributed by atoms with Gasteiger partial charge in [0.25, 0.3) is 0 Å². The van der Waals surface area contributed by atoms with Crippen LogP contribution in [0, 0.1) is 10.1 Å². The first-order chi connectivity index (χ1) is 3.77. The van der Waals surface area contributed by atoms with Crippen molar-refractivity contribution < 1.29 is 4.92 Å². The van der Waals surface area contributed by atoms with Crippen molar-refractivity contribution in [2.24, 2.45) is 0 Å². The molecule has 0 fully saturated rings. The van der Waals surface area contributed by atoms with Crippen LogP contribution < -0.4 is 4.84 Å². The Morgan fingerprint density at radius 2 is 2.38 bits per heavy atom. The molecule has 1 N–H and O–H groups in total. The van der Waals surface area contributed by atoms with Crippen LogP contribution in [-0.2, 0) is 0 Å². The predicted octanol–water partition coefficient (Wildman–Crippen LogP) is 0.397. The zero-order chi connectivity index (χ0) is 6.41. The fraction of sp³-hybridized carbons (Fsp3) is 1.00. The van der Waals surface area contributed by atoms with Crippen molar-refractivity contribution in [2.75, 3.05) is 13.1 Å². The smallest absolute Gasteiger partial charge is 0.205 e. The Kier molecular flexibility index (Phi) is 4.59. The molecule has 8 heavy (non-hydrogen) atoms. The Morgan fingerprint density at radius 1 is 1.75 bits per heavy atom. The van der Waals surface area contributed by atoms with E-state index >= 15 is 0 Å². The number of halogens is 1. The summed E-state index contributed by atoms with van der Waals surface area (Å²) in [6, 6.07) is 0. The SMILES string of the molecule is O=[N+]([O-])CCCNCl. The Balaban J connectivity index is 2.82. The third-order valence-corrected chi connectivity index (χ3v) is 0.801. The summed E-state index contributed by atoms with van der Waals surface area (Å²) in [5.74, 6) is 0. The van der Waals surface area contributed by atoms with Crippen molar-refractivity contribution in [3.63, 3.8) is 0 Å². The standard InChI is InChI=1S/C3H7ClN2O2/c4-5-2-1-3-6(7)8/h5H,1-3H2. The van der Waals surface area contributed by atoms with E-state index in [2.05, 4.69) is 4.84 Å². The molecule has 0 saturated carbocycles. The van der Waals surface area contributed by atoms with E-state index in [1.54, 1.807) is 0 Å². The van der Waals surface area contributed by atoms with Gasteiger partial charge in [0.1, 0.15) is 0 Å². The van der Waals surface area contributed by atoms with Crippen molar-refractivity contribution >= 4 is 11.8 Å². The molecule has 0 aliphatic rings. The lowest BCUT2D eigenvalue weighted by molar-refractivity contribution is -0.480. The average molecular weight is 139 g/mol. The van der Waals surface area contributed by atoms with E-state index in [4.69, 9.17) is 11.8 Å². The van der Waals surface area contributed by atoms with Crippen molar-refractivity contribution in [1.29, 1.82) is 0 Å². The van der Waals surface area contributed by atoms with Gasteiger partial charge in [-0.3, -0.25) is 10.1 Å². The van der Waals surface area contributed by atoms with Gasteiger partial charge in [-0.05, 0) is 11.8 Å². The van der Waals surface area contributed by atoms with E-state index in [0.717, 1.165) is 0 Å². The largest absolute Gasteiger partial charge is 0.265 e. The minimum atomic E-state index is -0.367. The van der Waals surface area contributed by atoms with Gasteiger partial charge in [-0.1, -0.05) is 0 Å². The topological polar surface area (TPSA) is 55.2 Å². The summed E-state index contributed by atoms with van der Waals surface area (Å²) in [5, 5.41) is 9.61. The molecule has 0 aliphatic carbocycles. The lowest BCUT2D eigenvalue weighted by atomic mass is 10.4. The maximum atomic E-state index is 9.61. The van der Waals surface area contributed by atoms with E-state index < -0.39 is 0 Å². The zero-order valence-electron chi connectivity index (χ0n) is 4.26. The summed E-state index contributed by atoms with van der Waals surface area (Å²) >= 11 is 5.01. The van der Waals surface area contributed by atoms with Crippen molar-refractivity contribution in [2.45, 2.75) is 6.42 Å². The molecule has 0 rings (SSSR count). The molecule has 0 aromatic rings. The van der Waals surface area contributed by atoms with Gasteiger partial charge >= 0.3 is 0 Å². The highest BCUT2D eigenvalue weighted by molar-refractivity contribution is 6.13. The minimum Gasteiger partial charge on any atom is -0.265 e. The second-order valence-corrected chi connectivity index (χ2v) is 1.56. The van der Waals surface area contributed by atoms with Crippen LogP contribution in [0.3, 0.4) is 0 Å². The molecule has 0 aromatic carbocycles. The van der Waals surface area contributed by atoms with Crippen LogP contribution in [0.25, 0.3) is 0 Å². The van der Waals surface area contributed by atoms with Crippen LogP contribution in [0.1, 0.15) is 6.42 Å². The first-order valence-electron chi connectivity index (χ1n) is 2.22. The van der Waals surface area contributed by atoms with Crippen LogP contribution in [0.5, 0.6) is 0 Å². The molecule has 0 aromatic heterocycles. The molecule has 0 amide bonds. The molecule has 5 heteroatoms. The molecule has 0 unspecified atom stereocenters. The highest BCUT2D eigenvalue weighted by Crippen LogP contribution is 1.77. The molecule has 4 nitrogen and oxygen atoms in total. The lowest BCUT2D eigenvalue weighted by Crippen LogP contribution is -2.08. The van der Waals surface area contributed by atoms with Gasteiger partial charge in [0, 0.05) is 17.9 Å². The first kappa shape index (κ1) is 7.65. The normalized spacial score (nSPS) is 9.12. The monoisotopic (exact) mass is 138 g/mol. The van der Waals surface area contributed by atoms with Crippen LogP contribution in [0.2, 0.25) is 0 Å². The molecule has 0 aliphatic heterocycles. The summed E-state index contributed by atoms with van der Waals surface area (Å²) in [5.41, 5.74) is 0. The predicted molar refractivity (Wildman–Crippen MR) is 30.3 cm³/mol. The molecular weight excluding hydrogens is 131 g/mol. The average Bonchev–Trinajstić information content (AvgIpc) is 1.66. The molecule has 0 heterocycles. The third kappa shape index (κ3) is 5.65. The summed E-state index contributed by atoms with van der Waals surface area (Å²) in [7, 11) is 0. The fourth-order valence-corrected chi connectivity index (χ4v) is 0.409. The number of hydrogen-bond donors (Lipinski definition) is 1. The van der Waals surface area contributed by atoms with E-state index in [0.29, 0.717) is 13.0 Å². The van der Waals surface area contributed by atoms with Gasteiger partial charge in [-0.15, -0.1) is 0 Å². The van der Waals surface area contributed by atoms with Gasteiger partial charge in [0.2, 0.25) is 6.54 Å². The maximum Gasteiger partial charge on any atom is 0.205 e. The van der Waals surface area contributed by atoms with E-state index in [1.807, 2.05) is 0 Å². The molecule has 0 bridgehead atoms. The molecule has 0 spiro atoms. The van der Waals surface area contributed by atoms with Crippen LogP contribution >= 0.6 is 11.8 Å². The highest BCUT2D eigenvalue weighted by Gasteiger charge is 1.92. The zero-order valence-corrected chi connectivity index (χ0v) is 5.02. The maximum absolute atomic E-state index is 9.61. The quantitative estimate of drug-likeness (QED) is 0.265. The number of nitrogens with zero attached hydrogens (tertiary/aromatic N) is 1. The van der Waals surface area contributed by atoms with Crippen molar-refractivity contribution in [1.82, 2.24) is 4.84 Å². The van der Waals surface area contributed by atoms with Crippen LogP contribution in [-0.4, -0.2) is 18.0 Å². The summed E-state index contributed by atoms with van der Waals surface area (Å²) < 4.78 is 0. The summed E-state index contributed by atoms with van der Waals surface area (Å²) in [6.45, 7) is 0.474. The molecule has 0 saturated heterocycles. The third-order valence-electron chi connectivity index (χ3n) is 0.612. The van der Waals surface area contributed by atoms with E-state index in [1.165, 1.54) is 0 Å². The first-order valence-corrected chi connectivity index (χ1v) is 2.60. The van der Waals surface area contributed by atoms with Crippen LogP contribution in [0.4, 0.5) is 0 Å². The summed E-state index contributed by atoms with van der Waals surface area (Å²) in [6.07, 6.45) is 0.483. The Morgan fingerprint density at radius 3 is 2.75 bits per heavy atom. The Hall–Kier alpha value is -0.350. The number of nitrogens with one attached hydrogen (secondary N) is 1. The van der Waals surface area contributed by atoms with E-state index in [-0.39, 0.29) is 11.5 Å². The van der Waals surface area contributed by atoms with Gasteiger partial charge in [-0.25, -0.2) is 4.84 Å². The van der Waals surface area contributed by atoms with Gasteiger partial charge in [0.15, 0.2) is 0 Å². The molecule has 48 valence electrons. The fourth-order valence-electron chi connectivity index (χ4n) is 0.275. The Bertz CT molecular complexity index is 77.7. The van der Waals surface area contributed by atoms with E-state index in [9.17, 15) is 10.1 Å². The Labute approximate surface area is 52.1 Å². The minimum absolute atomic E-state index is 0.0142. The molecule has 0 atom stereocenters. The van der Waals surface area contributed by atoms with Crippen molar-refractivity contribution in [3.8, 4) is 0 Å². The molecule has 0 radical (unpaired) electrons. The van der Waals surface area contributed by atoms with Gasteiger partial charge in [-0.2, -0.15) is 0 Å². The number of hydrogen-bond acceptors (Lipinski definition) is 3. The number of nitro groups is 1. The lowest BCUT2D eigenvalue weighted by Gasteiger charge is -1.89. The number of rotatable bonds is 4. The van der Waals surface area contributed by atoms with Gasteiger partial charge in [0.05, 0.1) is 0 Å².